The number of hydrogen-bond acceptors (Lipinski definition) is 25. The molecule has 1 aliphatic rings. The number of benzene rings is 2. The van der Waals surface area contributed by atoms with Crippen LogP contribution in [0.2, 0.25) is 0 Å². The maximum absolute atomic E-state index is 9.49. The van der Waals surface area contributed by atoms with Gasteiger partial charge in [-0.15, -0.1) is 13.2 Å². The SMILES string of the molecule is BrBr.C=CCOCC(O)COC(CO)COC.C=CCOCC1CO1.CCC(O)COCC(O)COC(CO)COC.CCc1ccc(CN=C(N)N)cc1.COCC(CO)OCC(O)COCC(O)CBr.COCC(O)CO.NC(N)=NCc1ccc(N)cc1. The molecular formula is C59H112Br3N7O22. The molecule has 0 bridgehead atoms. The number of ether oxygens (including phenoxy) is 12. The maximum atomic E-state index is 9.49. The summed E-state index contributed by atoms with van der Waals surface area (Å²) in [5, 5.41) is 90.4. The van der Waals surface area contributed by atoms with Crippen molar-refractivity contribution in [3.63, 3.8) is 0 Å². The summed E-state index contributed by atoms with van der Waals surface area (Å²) >= 11 is 8.60. The topological polar surface area (TPSA) is 471 Å². The van der Waals surface area contributed by atoms with E-state index in [1.165, 1.54) is 34.0 Å². The Labute approximate surface area is 562 Å². The van der Waals surface area contributed by atoms with Crippen LogP contribution >= 0.6 is 44.2 Å². The number of nitrogen functional groups attached to an aromatic ring is 1. The van der Waals surface area contributed by atoms with Crippen molar-refractivity contribution >= 4 is 61.8 Å². The summed E-state index contributed by atoms with van der Waals surface area (Å²) in [7, 11) is 6.01. The van der Waals surface area contributed by atoms with Crippen molar-refractivity contribution in [2.75, 3.05) is 172 Å². The van der Waals surface area contributed by atoms with E-state index in [-0.39, 0.29) is 111 Å². The van der Waals surface area contributed by atoms with Crippen LogP contribution in [-0.4, -0.2) is 290 Å². The van der Waals surface area contributed by atoms with Crippen molar-refractivity contribution in [3.8, 4) is 0 Å². The molecule has 10 atom stereocenters. The Kier molecular flexibility index (Phi) is 77.0. The van der Waals surface area contributed by atoms with Gasteiger partial charge in [0.25, 0.3) is 0 Å². The van der Waals surface area contributed by atoms with E-state index in [1.807, 2.05) is 43.3 Å². The Morgan fingerprint density at radius 3 is 1.18 bits per heavy atom. The van der Waals surface area contributed by atoms with Gasteiger partial charge in [0.2, 0.25) is 0 Å². The van der Waals surface area contributed by atoms with Crippen LogP contribution in [0.15, 0.2) is 83.8 Å². The third-order valence-electron chi connectivity index (χ3n) is 10.5. The zero-order valence-electron chi connectivity index (χ0n) is 53.9. The fraction of sp³-hybridized carbons (Fsp3) is 0.695. The van der Waals surface area contributed by atoms with Crippen molar-refractivity contribution in [2.24, 2.45) is 32.9 Å². The molecular weight excluding hydrogens is 1400 g/mol. The van der Waals surface area contributed by atoms with E-state index < -0.39 is 54.9 Å². The first-order chi connectivity index (χ1) is 43.6. The molecule has 2 aromatic rings. The van der Waals surface area contributed by atoms with Gasteiger partial charge in [0.05, 0.1) is 157 Å². The Morgan fingerprint density at radius 1 is 0.516 bits per heavy atom. The van der Waals surface area contributed by atoms with E-state index in [1.54, 1.807) is 12.2 Å². The summed E-state index contributed by atoms with van der Waals surface area (Å²) in [6.45, 7) is 16.0. The number of guanidine groups is 2. The molecule has 0 spiro atoms. The van der Waals surface area contributed by atoms with Crippen LogP contribution in [0.5, 0.6) is 0 Å². The molecule has 0 radical (unpaired) electrons. The minimum absolute atomic E-state index is 0.0546. The Hall–Kier alpha value is -3.18. The third-order valence-corrected chi connectivity index (χ3v) is 11.2. The normalized spacial score (nSPS) is 14.7. The van der Waals surface area contributed by atoms with Gasteiger partial charge in [-0.25, -0.2) is 9.98 Å². The largest absolute Gasteiger partial charge is 0.399 e. The quantitative estimate of drug-likeness (QED) is 0.00802. The second-order valence-electron chi connectivity index (χ2n) is 19.0. The van der Waals surface area contributed by atoms with Crippen molar-refractivity contribution < 1.29 is 108 Å². The number of aliphatic hydroxyl groups excluding tert-OH is 10. The van der Waals surface area contributed by atoms with Gasteiger partial charge in [0, 0.05) is 67.7 Å². The standard InChI is InChI=1S/C11H24O6.C10H21BrO6.C10H15N3.C10H20O5.C8H12N4.C6H10O2.C4H10O3.Br2/c1-3-9(13)5-16-6-10(14)7-17-11(4-12)8-15-2;1-15-7-10(3-12)17-6-9(14)5-16-4-8(13)2-11;1-2-8-3-5-9(6-4-8)7-13-10(11)12;1-3-4-14-6-9(12)7-15-10(5-11)8-13-2;9-7-3-1-6(2-4-7)5-12-8(10)11;1-2-3-7-4-6-5-8-6;1-7-3-4(6)2-5;1-2/h9-14H,3-8H2,1-2H3;8-10,12-14H,2-7H2,1H3;3-6H,2,7H2,1H3,(H4,11,12,13);3,9-12H,1,4-8H2,2H3;1-4H,5,9H2,(H4,10,11,12);2,6H,1,3-5H2;4-6H,2-3H2,1H3;. The second kappa shape index (κ2) is 72.6. The molecule has 10 unspecified atom stereocenters. The molecule has 0 aromatic heterocycles. The van der Waals surface area contributed by atoms with Gasteiger partial charge in [-0.05, 0) is 41.7 Å². The van der Waals surface area contributed by atoms with Crippen molar-refractivity contribution in [2.45, 2.75) is 101 Å². The third kappa shape index (κ3) is 72.5. The lowest BCUT2D eigenvalue weighted by atomic mass is 10.1. The van der Waals surface area contributed by atoms with Crippen LogP contribution in [0, 0.1) is 0 Å². The number of alkyl halides is 1. The molecule has 0 saturated carbocycles. The molecule has 3 rings (SSSR count). The van der Waals surface area contributed by atoms with Crippen LogP contribution in [0.1, 0.15) is 37.0 Å². The Morgan fingerprint density at radius 2 is 0.868 bits per heavy atom. The van der Waals surface area contributed by atoms with E-state index in [2.05, 4.69) is 91.1 Å². The highest BCUT2D eigenvalue weighted by Gasteiger charge is 2.22. The monoisotopic (exact) mass is 1510 g/mol. The summed E-state index contributed by atoms with van der Waals surface area (Å²) in [5.41, 5.74) is 30.5. The molecule has 536 valence electrons. The molecule has 1 aliphatic heterocycles. The van der Waals surface area contributed by atoms with E-state index in [0.29, 0.717) is 50.8 Å². The highest BCUT2D eigenvalue weighted by molar-refractivity contribution is 9.93. The molecule has 0 aliphatic carbocycles. The summed E-state index contributed by atoms with van der Waals surface area (Å²) in [4.78, 5) is 7.78. The number of nitrogens with two attached hydrogens (primary N) is 5. The smallest absolute Gasteiger partial charge is 0.186 e. The first kappa shape index (κ1) is 96.5. The molecule has 0 amide bonds. The highest BCUT2D eigenvalue weighted by Crippen LogP contribution is 2.09. The summed E-state index contributed by atoms with van der Waals surface area (Å²) < 4.78 is 59.7. The number of halogens is 3. The van der Waals surface area contributed by atoms with Gasteiger partial charge in [0.1, 0.15) is 48.8 Å². The van der Waals surface area contributed by atoms with Gasteiger partial charge in [-0.2, -0.15) is 0 Å². The van der Waals surface area contributed by atoms with E-state index in [0.717, 1.165) is 36.4 Å². The average molecular weight is 1510 g/mol. The van der Waals surface area contributed by atoms with Gasteiger partial charge < -0.3 is 137 Å². The molecule has 1 fully saturated rings. The zero-order chi connectivity index (χ0) is 69.9. The molecule has 29 nitrogen and oxygen atoms in total. The second-order valence-corrected chi connectivity index (χ2v) is 19.6. The van der Waals surface area contributed by atoms with Crippen LogP contribution in [0.25, 0.3) is 0 Å². The molecule has 20 N–H and O–H groups in total. The fourth-order valence-electron chi connectivity index (χ4n) is 5.59. The van der Waals surface area contributed by atoms with Crippen molar-refractivity contribution in [3.05, 3.63) is 90.5 Å². The molecule has 1 heterocycles. The maximum Gasteiger partial charge on any atom is 0.186 e. The van der Waals surface area contributed by atoms with Gasteiger partial charge in [0.15, 0.2) is 11.9 Å². The van der Waals surface area contributed by atoms with Gasteiger partial charge in [-0.3, -0.25) is 0 Å². The Bertz CT molecular complexity index is 1860. The van der Waals surface area contributed by atoms with Crippen molar-refractivity contribution in [1.82, 2.24) is 0 Å². The summed E-state index contributed by atoms with van der Waals surface area (Å²) in [6.07, 6.45) is 0.0722. The number of anilines is 1. The number of nitrogens with zero attached hydrogens (tertiary/aromatic N) is 2. The average Bonchev–Trinajstić information content (AvgIpc) is 4.60. The lowest BCUT2D eigenvalue weighted by Crippen LogP contribution is -2.31. The number of methoxy groups -OCH3 is 4. The van der Waals surface area contributed by atoms with E-state index in [9.17, 15) is 20.4 Å². The number of aryl methyl sites for hydroxylation is 1. The fourth-order valence-corrected chi connectivity index (χ4v) is 5.78. The summed E-state index contributed by atoms with van der Waals surface area (Å²) in [5.74, 6) is 0.242. The zero-order valence-corrected chi connectivity index (χ0v) is 58.7. The molecule has 91 heavy (non-hydrogen) atoms. The first-order valence-corrected chi connectivity index (χ1v) is 33.7. The van der Waals surface area contributed by atoms with Crippen LogP contribution in [0.4, 0.5) is 5.69 Å². The lowest BCUT2D eigenvalue weighted by molar-refractivity contribution is -0.0829. The highest BCUT2D eigenvalue weighted by atomic mass is 80.9. The first-order valence-electron chi connectivity index (χ1n) is 28.9. The van der Waals surface area contributed by atoms with Crippen LogP contribution in [-0.2, 0) is 76.4 Å². The minimum Gasteiger partial charge on any atom is -0.399 e. The molecule has 2 aromatic carbocycles. The van der Waals surface area contributed by atoms with E-state index in [4.69, 9.17) is 111 Å². The Balaban J connectivity index is -0.000000319. The van der Waals surface area contributed by atoms with Crippen LogP contribution < -0.4 is 28.7 Å². The van der Waals surface area contributed by atoms with E-state index >= 15 is 0 Å². The number of aliphatic imine (C=N–C) groups is 2. The lowest BCUT2D eigenvalue weighted by Gasteiger charge is -2.18. The number of hydrogen-bond donors (Lipinski definition) is 15. The number of epoxide rings is 1. The summed E-state index contributed by atoms with van der Waals surface area (Å²) in [6, 6.07) is 15.7. The minimum atomic E-state index is -0.788. The molecule has 1 saturated heterocycles. The predicted molar refractivity (Wildman–Crippen MR) is 362 cm³/mol. The number of aliphatic hydroxyl groups is 10. The molecule has 32 heteroatoms. The van der Waals surface area contributed by atoms with Crippen molar-refractivity contribution in [1.29, 1.82) is 0 Å². The van der Waals surface area contributed by atoms with Crippen LogP contribution in [0.3, 0.4) is 0 Å². The number of rotatable bonds is 44. The van der Waals surface area contributed by atoms with Gasteiger partial charge in [-0.1, -0.05) is 78.3 Å². The predicted octanol–water partition coefficient (Wildman–Crippen LogP) is 0.206. The van der Waals surface area contributed by atoms with Gasteiger partial charge >= 0.3 is 0 Å².